The van der Waals surface area contributed by atoms with Crippen molar-refractivity contribution in [1.29, 1.82) is 0 Å². The van der Waals surface area contributed by atoms with Gasteiger partial charge in [0.05, 0.1) is 6.61 Å². The van der Waals surface area contributed by atoms with Gasteiger partial charge in [0, 0.05) is 20.0 Å². The van der Waals surface area contributed by atoms with Crippen molar-refractivity contribution < 1.29 is 14.3 Å². The van der Waals surface area contributed by atoms with Crippen molar-refractivity contribution >= 4 is 28.2 Å². The zero-order valence-electron chi connectivity index (χ0n) is 12.1. The predicted molar refractivity (Wildman–Crippen MR) is 78.7 cm³/mol. The fourth-order valence-electron chi connectivity index (χ4n) is 2.22. The molecule has 1 aliphatic rings. The van der Waals surface area contributed by atoms with Crippen molar-refractivity contribution in [3.05, 3.63) is 10.6 Å². The normalized spacial score (nSPS) is 16.2. The molecule has 0 spiro atoms. The Hall–Kier alpha value is -1.43. The van der Waals surface area contributed by atoms with Crippen LogP contribution < -0.4 is 4.90 Å². The quantitative estimate of drug-likeness (QED) is 0.631. The van der Waals surface area contributed by atoms with Gasteiger partial charge in [-0.15, -0.1) is 0 Å². The zero-order valence-corrected chi connectivity index (χ0v) is 13.0. The summed E-state index contributed by atoms with van der Waals surface area (Å²) in [6, 6.07) is 0. The smallest absolute Gasteiger partial charge is 0.358 e. The number of thiazole rings is 1. The van der Waals surface area contributed by atoms with Crippen LogP contribution in [0.4, 0.5) is 5.13 Å². The van der Waals surface area contributed by atoms with E-state index >= 15 is 0 Å². The van der Waals surface area contributed by atoms with Gasteiger partial charge < -0.3 is 9.64 Å². The third-order valence-corrected chi connectivity index (χ3v) is 4.68. The topological polar surface area (TPSA) is 59.5 Å². The lowest BCUT2D eigenvalue weighted by Crippen LogP contribution is -2.32. The number of rotatable bonds is 4. The molecule has 1 aromatic rings. The lowest BCUT2D eigenvalue weighted by atomic mass is 10.00. The molecule has 0 N–H and O–H groups in total. The number of piperidine rings is 1. The summed E-state index contributed by atoms with van der Waals surface area (Å²) in [5, 5.41) is 0.755. The van der Waals surface area contributed by atoms with E-state index in [2.05, 4.69) is 16.8 Å². The first-order valence-electron chi connectivity index (χ1n) is 6.96. The van der Waals surface area contributed by atoms with Crippen LogP contribution in [-0.2, 0) is 4.74 Å². The zero-order chi connectivity index (χ0) is 14.7. The van der Waals surface area contributed by atoms with Gasteiger partial charge in [0.15, 0.2) is 16.6 Å². The second-order valence-corrected chi connectivity index (χ2v) is 6.10. The van der Waals surface area contributed by atoms with Crippen molar-refractivity contribution in [1.82, 2.24) is 4.98 Å². The van der Waals surface area contributed by atoms with Gasteiger partial charge >= 0.3 is 5.97 Å². The standard InChI is InChI=1S/C14H20N2O3S/c1-4-19-13(18)11-12(10(3)17)20-14(15-11)16-7-5-9(2)6-8-16/h9H,4-8H2,1-3H3. The van der Waals surface area contributed by atoms with Gasteiger partial charge in [0.1, 0.15) is 4.88 Å². The van der Waals surface area contributed by atoms with Gasteiger partial charge in [-0.2, -0.15) is 0 Å². The molecule has 6 heteroatoms. The fraction of sp³-hybridized carbons (Fsp3) is 0.643. The van der Waals surface area contributed by atoms with Crippen LogP contribution in [0.3, 0.4) is 0 Å². The molecule has 0 atom stereocenters. The predicted octanol–water partition coefficient (Wildman–Crippen LogP) is 2.76. The first-order valence-corrected chi connectivity index (χ1v) is 7.78. The summed E-state index contributed by atoms with van der Waals surface area (Å²) < 4.78 is 4.97. The van der Waals surface area contributed by atoms with Crippen LogP contribution in [0.25, 0.3) is 0 Å². The molecule has 0 saturated carbocycles. The summed E-state index contributed by atoms with van der Waals surface area (Å²) in [4.78, 5) is 30.4. The second kappa shape index (κ2) is 6.35. The summed E-state index contributed by atoms with van der Waals surface area (Å²) in [5.41, 5.74) is 0.165. The number of aromatic nitrogens is 1. The van der Waals surface area contributed by atoms with Crippen LogP contribution in [-0.4, -0.2) is 36.4 Å². The molecule has 2 rings (SSSR count). The molecule has 1 aromatic heterocycles. The Kier molecular flexibility index (Phi) is 4.75. The van der Waals surface area contributed by atoms with Crippen molar-refractivity contribution in [2.24, 2.45) is 5.92 Å². The van der Waals surface area contributed by atoms with E-state index in [4.69, 9.17) is 4.74 Å². The van der Waals surface area contributed by atoms with E-state index in [1.807, 2.05) is 0 Å². The Morgan fingerprint density at radius 2 is 2.05 bits per heavy atom. The first kappa shape index (κ1) is 15.0. The maximum absolute atomic E-state index is 11.9. The number of carbonyl (C=O) groups excluding carboxylic acids is 2. The average Bonchev–Trinajstić information content (AvgIpc) is 2.85. The van der Waals surface area contributed by atoms with Gasteiger partial charge in [-0.3, -0.25) is 4.79 Å². The highest BCUT2D eigenvalue weighted by Gasteiger charge is 2.26. The molecule has 20 heavy (non-hydrogen) atoms. The summed E-state index contributed by atoms with van der Waals surface area (Å²) in [7, 11) is 0. The summed E-state index contributed by atoms with van der Waals surface area (Å²) in [5.74, 6) is 0.0794. The third kappa shape index (κ3) is 3.17. The molecular weight excluding hydrogens is 276 g/mol. The van der Waals surface area contributed by atoms with Gasteiger partial charge in [0.25, 0.3) is 0 Å². The molecule has 1 aliphatic heterocycles. The molecule has 0 amide bonds. The molecule has 5 nitrogen and oxygen atoms in total. The van der Waals surface area contributed by atoms with Gasteiger partial charge in [-0.1, -0.05) is 18.3 Å². The van der Waals surface area contributed by atoms with Crippen molar-refractivity contribution in [3.63, 3.8) is 0 Å². The number of ketones is 1. The van der Waals surface area contributed by atoms with E-state index in [0.717, 1.165) is 37.0 Å². The number of hydrogen-bond acceptors (Lipinski definition) is 6. The second-order valence-electron chi connectivity index (χ2n) is 5.12. The molecule has 1 saturated heterocycles. The van der Waals surface area contributed by atoms with Crippen molar-refractivity contribution in [2.75, 3.05) is 24.6 Å². The van der Waals surface area contributed by atoms with E-state index in [1.54, 1.807) is 6.92 Å². The van der Waals surface area contributed by atoms with Crippen LogP contribution in [0.5, 0.6) is 0 Å². The SMILES string of the molecule is CCOC(=O)c1nc(N2CCC(C)CC2)sc1C(C)=O. The van der Waals surface area contributed by atoms with Crippen LogP contribution in [0.1, 0.15) is 53.8 Å². The van der Waals surface area contributed by atoms with Crippen molar-refractivity contribution in [3.8, 4) is 0 Å². The maximum atomic E-state index is 11.9. The number of carbonyl (C=O) groups is 2. The minimum absolute atomic E-state index is 0.137. The lowest BCUT2D eigenvalue weighted by molar-refractivity contribution is 0.0517. The molecule has 1 fully saturated rings. The number of anilines is 1. The Morgan fingerprint density at radius 3 is 2.60 bits per heavy atom. The van der Waals surface area contributed by atoms with Crippen LogP contribution in [0.15, 0.2) is 0 Å². The Labute approximate surface area is 122 Å². The molecular formula is C14H20N2O3S. The Balaban J connectivity index is 2.25. The molecule has 110 valence electrons. The molecule has 0 bridgehead atoms. The highest BCUT2D eigenvalue weighted by atomic mass is 32.1. The largest absolute Gasteiger partial charge is 0.461 e. The van der Waals surface area contributed by atoms with E-state index in [9.17, 15) is 9.59 Å². The minimum atomic E-state index is -0.509. The third-order valence-electron chi connectivity index (χ3n) is 3.46. The average molecular weight is 296 g/mol. The van der Waals surface area contributed by atoms with Crippen LogP contribution >= 0.6 is 11.3 Å². The van der Waals surface area contributed by atoms with Gasteiger partial charge in [0.2, 0.25) is 0 Å². The first-order chi connectivity index (χ1) is 9.52. The molecule has 0 aromatic carbocycles. The van der Waals surface area contributed by atoms with Crippen LogP contribution in [0.2, 0.25) is 0 Å². The summed E-state index contributed by atoms with van der Waals surface area (Å²) in [6.07, 6.45) is 2.23. The summed E-state index contributed by atoms with van der Waals surface area (Å²) >= 11 is 1.29. The fourth-order valence-corrected chi connectivity index (χ4v) is 3.22. The molecule has 2 heterocycles. The monoisotopic (exact) mass is 296 g/mol. The summed E-state index contributed by atoms with van der Waals surface area (Å²) in [6.45, 7) is 7.57. The maximum Gasteiger partial charge on any atom is 0.358 e. The molecule has 0 unspecified atom stereocenters. The Morgan fingerprint density at radius 1 is 1.40 bits per heavy atom. The van der Waals surface area contributed by atoms with Crippen LogP contribution in [0, 0.1) is 5.92 Å². The lowest BCUT2D eigenvalue weighted by Gasteiger charge is -2.29. The van der Waals surface area contributed by atoms with Crippen molar-refractivity contribution in [2.45, 2.75) is 33.6 Å². The highest BCUT2D eigenvalue weighted by molar-refractivity contribution is 7.17. The van der Waals surface area contributed by atoms with Gasteiger partial charge in [-0.05, 0) is 25.7 Å². The van der Waals surface area contributed by atoms with E-state index in [-0.39, 0.29) is 18.1 Å². The number of hydrogen-bond donors (Lipinski definition) is 0. The van der Waals surface area contributed by atoms with E-state index in [0.29, 0.717) is 4.88 Å². The number of Topliss-reactive ketones (excluding diaryl/α,β-unsaturated/α-hetero) is 1. The van der Waals surface area contributed by atoms with E-state index in [1.165, 1.54) is 18.3 Å². The Bertz CT molecular complexity index is 505. The van der Waals surface area contributed by atoms with Gasteiger partial charge in [-0.25, -0.2) is 9.78 Å². The number of esters is 1. The number of ether oxygens (including phenoxy) is 1. The highest BCUT2D eigenvalue weighted by Crippen LogP contribution is 2.30. The number of nitrogens with zero attached hydrogens (tertiary/aromatic N) is 2. The van der Waals surface area contributed by atoms with E-state index < -0.39 is 5.97 Å². The minimum Gasteiger partial charge on any atom is -0.461 e. The molecule has 0 aliphatic carbocycles. The molecule has 0 radical (unpaired) electrons.